The Balaban J connectivity index is 2.24. The molecule has 0 fully saturated rings. The van der Waals surface area contributed by atoms with Crippen molar-refractivity contribution in [1.29, 1.82) is 0 Å². The summed E-state index contributed by atoms with van der Waals surface area (Å²) in [6.07, 6.45) is 0. The van der Waals surface area contributed by atoms with Crippen molar-refractivity contribution in [2.75, 3.05) is 7.11 Å². The lowest BCUT2D eigenvalue weighted by molar-refractivity contribution is 0.387. The predicted molar refractivity (Wildman–Crippen MR) is 93.5 cm³/mol. The van der Waals surface area contributed by atoms with Crippen LogP contribution in [0.25, 0.3) is 11.1 Å². The molecule has 0 amide bonds. The van der Waals surface area contributed by atoms with Gasteiger partial charge >= 0.3 is 5.69 Å². The third-order valence-corrected chi connectivity index (χ3v) is 4.29. The van der Waals surface area contributed by atoms with Crippen LogP contribution in [-0.4, -0.2) is 16.7 Å². The molecular weight excluding hydrogens is 361 g/mol. The molecule has 0 aliphatic heterocycles. The maximum Gasteiger partial charge on any atom is 0.328 e. The molecular formula is C19H15F3N2O3. The molecule has 0 radical (unpaired) electrons. The van der Waals surface area contributed by atoms with Gasteiger partial charge in [-0.25, -0.2) is 18.0 Å². The first-order valence-corrected chi connectivity index (χ1v) is 7.94. The van der Waals surface area contributed by atoms with Gasteiger partial charge in [0.05, 0.1) is 19.2 Å². The van der Waals surface area contributed by atoms with Crippen molar-refractivity contribution >= 4 is 0 Å². The highest BCUT2D eigenvalue weighted by Crippen LogP contribution is 2.28. The van der Waals surface area contributed by atoms with Gasteiger partial charge in [0, 0.05) is 16.8 Å². The van der Waals surface area contributed by atoms with Gasteiger partial charge in [0.15, 0.2) is 11.6 Å². The Kier molecular flexibility index (Phi) is 4.89. The highest BCUT2D eigenvalue weighted by molar-refractivity contribution is 5.67. The normalized spacial score (nSPS) is 10.9. The zero-order chi connectivity index (χ0) is 19.7. The second-order valence-electron chi connectivity index (χ2n) is 5.83. The molecule has 0 aliphatic rings. The van der Waals surface area contributed by atoms with Gasteiger partial charge in [0.1, 0.15) is 11.6 Å². The molecule has 1 heterocycles. The van der Waals surface area contributed by atoms with Crippen molar-refractivity contribution < 1.29 is 17.9 Å². The summed E-state index contributed by atoms with van der Waals surface area (Å²) in [6, 6.07) is 7.55. The van der Waals surface area contributed by atoms with E-state index in [2.05, 4.69) is 4.98 Å². The van der Waals surface area contributed by atoms with Crippen LogP contribution in [0.3, 0.4) is 0 Å². The first kappa shape index (κ1) is 18.5. The van der Waals surface area contributed by atoms with E-state index in [4.69, 9.17) is 4.74 Å². The van der Waals surface area contributed by atoms with Gasteiger partial charge in [0.2, 0.25) is 0 Å². The van der Waals surface area contributed by atoms with Crippen LogP contribution in [0.15, 0.2) is 46.0 Å². The van der Waals surface area contributed by atoms with E-state index in [0.717, 1.165) is 16.7 Å². The zero-order valence-corrected chi connectivity index (χ0v) is 14.5. The van der Waals surface area contributed by atoms with Crippen LogP contribution in [0.1, 0.15) is 11.3 Å². The molecule has 0 saturated heterocycles. The fourth-order valence-corrected chi connectivity index (χ4v) is 2.89. The summed E-state index contributed by atoms with van der Waals surface area (Å²) >= 11 is 0. The minimum atomic E-state index is -0.854. The van der Waals surface area contributed by atoms with Gasteiger partial charge in [-0.15, -0.1) is 0 Å². The first-order valence-electron chi connectivity index (χ1n) is 7.94. The number of H-pyrrole nitrogens is 1. The van der Waals surface area contributed by atoms with E-state index in [-0.39, 0.29) is 28.1 Å². The number of benzene rings is 2. The van der Waals surface area contributed by atoms with Gasteiger partial charge in [-0.2, -0.15) is 0 Å². The van der Waals surface area contributed by atoms with E-state index in [1.165, 1.54) is 38.3 Å². The van der Waals surface area contributed by atoms with Crippen LogP contribution < -0.4 is 16.0 Å². The second kappa shape index (κ2) is 7.14. The Bertz CT molecular complexity index is 1120. The lowest BCUT2D eigenvalue weighted by Gasteiger charge is -2.15. The van der Waals surface area contributed by atoms with Crippen molar-refractivity contribution in [3.63, 3.8) is 0 Å². The molecule has 0 spiro atoms. The highest BCUT2D eigenvalue weighted by atomic mass is 19.1. The minimum absolute atomic E-state index is 0.0681. The van der Waals surface area contributed by atoms with Crippen molar-refractivity contribution in [1.82, 2.24) is 9.55 Å². The average molecular weight is 376 g/mol. The van der Waals surface area contributed by atoms with Gasteiger partial charge in [-0.05, 0) is 25.1 Å². The molecule has 5 nitrogen and oxygen atoms in total. The lowest BCUT2D eigenvalue weighted by Crippen LogP contribution is -2.34. The van der Waals surface area contributed by atoms with Crippen LogP contribution in [0, 0.1) is 24.4 Å². The van der Waals surface area contributed by atoms with E-state index in [0.29, 0.717) is 0 Å². The number of hydrogen-bond acceptors (Lipinski definition) is 3. The summed E-state index contributed by atoms with van der Waals surface area (Å²) in [5, 5.41) is 0. The number of aromatic amines is 1. The van der Waals surface area contributed by atoms with Crippen LogP contribution in [0.2, 0.25) is 0 Å². The van der Waals surface area contributed by atoms with Crippen LogP contribution >= 0.6 is 0 Å². The Labute approximate surface area is 151 Å². The molecule has 140 valence electrons. The number of hydrogen-bond donors (Lipinski definition) is 1. The second-order valence-corrected chi connectivity index (χ2v) is 5.83. The maximum atomic E-state index is 14.6. The molecule has 0 bridgehead atoms. The minimum Gasteiger partial charge on any atom is -0.494 e. The summed E-state index contributed by atoms with van der Waals surface area (Å²) < 4.78 is 48.4. The Morgan fingerprint density at radius 3 is 2.30 bits per heavy atom. The quantitative estimate of drug-likeness (QED) is 0.761. The van der Waals surface area contributed by atoms with Gasteiger partial charge in [-0.1, -0.05) is 18.2 Å². The van der Waals surface area contributed by atoms with Crippen LogP contribution in [0.5, 0.6) is 5.75 Å². The summed E-state index contributed by atoms with van der Waals surface area (Å²) in [4.78, 5) is 26.6. The largest absolute Gasteiger partial charge is 0.494 e. The molecule has 0 saturated carbocycles. The van der Waals surface area contributed by atoms with Crippen molar-refractivity contribution in [2.45, 2.75) is 13.5 Å². The summed E-state index contributed by atoms with van der Waals surface area (Å²) in [6.45, 7) is 0.947. The lowest BCUT2D eigenvalue weighted by atomic mass is 10.0. The number of aromatic nitrogens is 2. The molecule has 8 heteroatoms. The topological polar surface area (TPSA) is 64.1 Å². The number of rotatable bonds is 4. The maximum absolute atomic E-state index is 14.6. The third-order valence-electron chi connectivity index (χ3n) is 4.29. The first-order chi connectivity index (χ1) is 12.8. The standard InChI is InChI=1S/C19H15F3N2O3/c1-10-16(11-5-3-8-15(27-2)17(11)22)18(25)23-19(26)24(10)9-12-13(20)6-4-7-14(12)21/h3-8H,9H2,1-2H3,(H,23,25,26). The average Bonchev–Trinajstić information content (AvgIpc) is 2.62. The molecule has 3 aromatic rings. The SMILES string of the molecule is COc1cccc(-c2c(C)n(Cc3c(F)cccc3F)c(=O)[nH]c2=O)c1F. The number of nitrogens with one attached hydrogen (secondary N) is 1. The molecule has 0 unspecified atom stereocenters. The number of halogens is 3. The molecule has 2 aromatic carbocycles. The molecule has 1 N–H and O–H groups in total. The summed E-state index contributed by atoms with van der Waals surface area (Å²) in [5.41, 5.74) is -2.15. The molecule has 0 aliphatic carbocycles. The molecule has 3 rings (SSSR count). The number of ether oxygens (including phenoxy) is 1. The highest BCUT2D eigenvalue weighted by Gasteiger charge is 2.20. The molecule has 27 heavy (non-hydrogen) atoms. The van der Waals surface area contributed by atoms with Gasteiger partial charge < -0.3 is 4.74 Å². The Morgan fingerprint density at radius 1 is 1.04 bits per heavy atom. The Morgan fingerprint density at radius 2 is 1.67 bits per heavy atom. The predicted octanol–water partition coefficient (Wildman–Crippen LogP) is 2.99. The summed E-state index contributed by atoms with van der Waals surface area (Å²) in [5.74, 6) is -2.52. The van der Waals surface area contributed by atoms with Gasteiger partial charge in [-0.3, -0.25) is 14.3 Å². The van der Waals surface area contributed by atoms with Crippen molar-refractivity contribution in [3.05, 3.63) is 85.9 Å². The van der Waals surface area contributed by atoms with E-state index in [1.807, 2.05) is 0 Å². The van der Waals surface area contributed by atoms with Crippen LogP contribution in [0.4, 0.5) is 13.2 Å². The monoisotopic (exact) mass is 376 g/mol. The number of methoxy groups -OCH3 is 1. The van der Waals surface area contributed by atoms with Crippen LogP contribution in [-0.2, 0) is 6.54 Å². The van der Waals surface area contributed by atoms with E-state index in [1.54, 1.807) is 0 Å². The smallest absolute Gasteiger partial charge is 0.328 e. The van der Waals surface area contributed by atoms with Crippen molar-refractivity contribution in [3.8, 4) is 16.9 Å². The zero-order valence-electron chi connectivity index (χ0n) is 14.5. The van der Waals surface area contributed by atoms with E-state index < -0.39 is 35.2 Å². The van der Waals surface area contributed by atoms with Crippen molar-refractivity contribution in [2.24, 2.45) is 0 Å². The molecule has 1 aromatic heterocycles. The molecule has 0 atom stereocenters. The fraction of sp³-hybridized carbons (Fsp3) is 0.158. The van der Waals surface area contributed by atoms with Gasteiger partial charge in [0.25, 0.3) is 5.56 Å². The third kappa shape index (κ3) is 3.25. The number of nitrogens with zero attached hydrogens (tertiary/aromatic N) is 1. The fourth-order valence-electron chi connectivity index (χ4n) is 2.89. The van der Waals surface area contributed by atoms with E-state index >= 15 is 0 Å². The van der Waals surface area contributed by atoms with E-state index in [9.17, 15) is 22.8 Å². The Hall–Kier alpha value is -3.29. The summed E-state index contributed by atoms with van der Waals surface area (Å²) in [7, 11) is 1.28.